The first-order valence-corrected chi connectivity index (χ1v) is 8.83. The molecule has 120 valence electrons. The molecule has 23 heavy (non-hydrogen) atoms. The zero-order valence-corrected chi connectivity index (χ0v) is 14.2. The van der Waals surface area contributed by atoms with Gasteiger partial charge in [-0.05, 0) is 49.6 Å². The van der Waals surface area contributed by atoms with Crippen molar-refractivity contribution in [2.45, 2.75) is 36.5 Å². The molecule has 1 aliphatic heterocycles. The van der Waals surface area contributed by atoms with Gasteiger partial charge in [0.1, 0.15) is 5.75 Å². The van der Waals surface area contributed by atoms with E-state index in [-0.39, 0.29) is 17.2 Å². The third kappa shape index (κ3) is 3.70. The Morgan fingerprint density at radius 3 is 2.70 bits per heavy atom. The van der Waals surface area contributed by atoms with E-state index in [1.807, 2.05) is 50.2 Å². The van der Waals surface area contributed by atoms with Crippen LogP contribution in [0, 0.1) is 0 Å². The molecule has 1 amide bonds. The van der Waals surface area contributed by atoms with Gasteiger partial charge in [0.2, 0.25) is 5.91 Å². The fourth-order valence-corrected chi connectivity index (χ4v) is 3.94. The minimum Gasteiger partial charge on any atom is -0.494 e. The first-order valence-electron chi connectivity index (χ1n) is 7.95. The number of fused-ring (bicyclic) bond motifs is 1. The third-order valence-electron chi connectivity index (χ3n) is 3.99. The number of carbonyl (C=O) groups excluding carboxylic acids is 1. The maximum atomic E-state index is 12.5. The topological polar surface area (TPSA) is 38.3 Å². The lowest BCUT2D eigenvalue weighted by Crippen LogP contribution is -2.34. The van der Waals surface area contributed by atoms with E-state index in [0.29, 0.717) is 6.61 Å². The molecule has 0 radical (unpaired) electrons. The zero-order chi connectivity index (χ0) is 16.2. The van der Waals surface area contributed by atoms with Crippen LogP contribution in [-0.4, -0.2) is 17.8 Å². The number of rotatable bonds is 5. The normalized spacial score (nSPS) is 17.4. The highest BCUT2D eigenvalue weighted by atomic mass is 32.2. The molecule has 0 aromatic heterocycles. The van der Waals surface area contributed by atoms with Crippen molar-refractivity contribution in [1.82, 2.24) is 5.32 Å². The van der Waals surface area contributed by atoms with Crippen LogP contribution in [0.2, 0.25) is 0 Å². The third-order valence-corrected chi connectivity index (χ3v) is 5.31. The number of amides is 1. The van der Waals surface area contributed by atoms with Crippen LogP contribution < -0.4 is 10.1 Å². The summed E-state index contributed by atoms with van der Waals surface area (Å²) in [7, 11) is 0. The molecule has 0 aliphatic carbocycles. The lowest BCUT2D eigenvalue weighted by Gasteiger charge is -2.17. The summed E-state index contributed by atoms with van der Waals surface area (Å²) in [5, 5.41) is 3.09. The van der Waals surface area contributed by atoms with Crippen molar-refractivity contribution >= 4 is 17.7 Å². The second-order valence-electron chi connectivity index (χ2n) is 5.65. The van der Waals surface area contributed by atoms with Crippen LogP contribution in [0.5, 0.6) is 5.75 Å². The number of thioether (sulfide) groups is 1. The van der Waals surface area contributed by atoms with Gasteiger partial charge in [0.05, 0.1) is 17.9 Å². The molecule has 0 bridgehead atoms. The van der Waals surface area contributed by atoms with E-state index in [1.54, 1.807) is 11.8 Å². The van der Waals surface area contributed by atoms with Crippen LogP contribution in [0.25, 0.3) is 0 Å². The monoisotopic (exact) mass is 327 g/mol. The number of nitrogens with one attached hydrogen (secondary N) is 1. The highest BCUT2D eigenvalue weighted by molar-refractivity contribution is 8.01. The lowest BCUT2D eigenvalue weighted by atomic mass is 10.1. The van der Waals surface area contributed by atoms with Gasteiger partial charge in [-0.3, -0.25) is 4.79 Å². The number of carbonyl (C=O) groups is 1. The summed E-state index contributed by atoms with van der Waals surface area (Å²) in [5.74, 6) is 0.962. The predicted molar refractivity (Wildman–Crippen MR) is 94.0 cm³/mol. The fraction of sp³-hybridized carbons (Fsp3) is 0.316. The van der Waals surface area contributed by atoms with Crippen molar-refractivity contribution < 1.29 is 9.53 Å². The molecule has 0 fully saturated rings. The summed E-state index contributed by atoms with van der Waals surface area (Å²) in [6.45, 7) is 4.64. The van der Waals surface area contributed by atoms with Crippen molar-refractivity contribution in [3.63, 3.8) is 0 Å². The largest absolute Gasteiger partial charge is 0.494 e. The van der Waals surface area contributed by atoms with Crippen molar-refractivity contribution in [3.8, 4) is 5.75 Å². The van der Waals surface area contributed by atoms with Crippen molar-refractivity contribution in [2.24, 2.45) is 0 Å². The summed E-state index contributed by atoms with van der Waals surface area (Å²) in [5.41, 5.74) is 2.36. The fourth-order valence-electron chi connectivity index (χ4n) is 2.74. The second kappa shape index (κ2) is 7.09. The van der Waals surface area contributed by atoms with Crippen molar-refractivity contribution in [2.75, 3.05) is 6.61 Å². The molecular weight excluding hydrogens is 306 g/mol. The van der Waals surface area contributed by atoms with Gasteiger partial charge in [0.25, 0.3) is 0 Å². The van der Waals surface area contributed by atoms with Crippen molar-refractivity contribution in [3.05, 3.63) is 59.7 Å². The zero-order valence-electron chi connectivity index (χ0n) is 13.4. The van der Waals surface area contributed by atoms with Crippen molar-refractivity contribution in [1.29, 1.82) is 0 Å². The molecule has 2 atom stereocenters. The average molecular weight is 327 g/mol. The SMILES string of the molecule is CCOc1ccc([C@H](C)NC(=O)[C@H]2Cc3ccccc3S2)cc1. The van der Waals surface area contributed by atoms with Gasteiger partial charge < -0.3 is 10.1 Å². The van der Waals surface area contributed by atoms with E-state index < -0.39 is 0 Å². The van der Waals surface area contributed by atoms with E-state index >= 15 is 0 Å². The average Bonchev–Trinajstić information content (AvgIpc) is 3.00. The molecule has 2 aromatic rings. The van der Waals surface area contributed by atoms with E-state index in [1.165, 1.54) is 10.5 Å². The minimum atomic E-state index is -0.0300. The van der Waals surface area contributed by atoms with Gasteiger partial charge in [-0.15, -0.1) is 11.8 Å². The van der Waals surface area contributed by atoms with E-state index in [9.17, 15) is 4.79 Å². The molecule has 2 aromatic carbocycles. The molecule has 0 spiro atoms. The minimum absolute atomic E-state index is 0.0116. The van der Waals surface area contributed by atoms with E-state index in [2.05, 4.69) is 17.4 Å². The van der Waals surface area contributed by atoms with Crippen LogP contribution >= 0.6 is 11.8 Å². The van der Waals surface area contributed by atoms with Gasteiger partial charge in [-0.2, -0.15) is 0 Å². The molecule has 4 heteroatoms. The smallest absolute Gasteiger partial charge is 0.234 e. The summed E-state index contributed by atoms with van der Waals surface area (Å²) in [6.07, 6.45) is 0.808. The Bertz CT molecular complexity index is 659. The van der Waals surface area contributed by atoms with E-state index in [0.717, 1.165) is 17.7 Å². The Morgan fingerprint density at radius 1 is 1.26 bits per heavy atom. The van der Waals surface area contributed by atoms with Gasteiger partial charge in [0, 0.05) is 4.90 Å². The number of hydrogen-bond acceptors (Lipinski definition) is 3. The molecule has 1 heterocycles. The Morgan fingerprint density at radius 2 is 2.00 bits per heavy atom. The first-order chi connectivity index (χ1) is 11.2. The molecule has 0 unspecified atom stereocenters. The summed E-state index contributed by atoms with van der Waals surface area (Å²) < 4.78 is 5.45. The van der Waals surface area contributed by atoms with Crippen LogP contribution in [-0.2, 0) is 11.2 Å². The Hall–Kier alpha value is -1.94. The van der Waals surface area contributed by atoms with Gasteiger partial charge in [-0.1, -0.05) is 30.3 Å². The lowest BCUT2D eigenvalue weighted by molar-refractivity contribution is -0.121. The quantitative estimate of drug-likeness (QED) is 0.903. The number of hydrogen-bond donors (Lipinski definition) is 1. The van der Waals surface area contributed by atoms with Crippen LogP contribution in [0.1, 0.15) is 31.0 Å². The number of ether oxygens (including phenoxy) is 1. The highest BCUT2D eigenvalue weighted by Crippen LogP contribution is 2.37. The first kappa shape index (κ1) is 15.9. The highest BCUT2D eigenvalue weighted by Gasteiger charge is 2.28. The molecule has 3 nitrogen and oxygen atoms in total. The maximum Gasteiger partial charge on any atom is 0.234 e. The molecule has 0 saturated heterocycles. The Balaban J connectivity index is 1.60. The molecule has 1 N–H and O–H groups in total. The van der Waals surface area contributed by atoms with Crippen LogP contribution in [0.3, 0.4) is 0 Å². The second-order valence-corrected chi connectivity index (χ2v) is 6.90. The molecule has 0 saturated carbocycles. The summed E-state index contributed by atoms with van der Waals surface area (Å²) in [4.78, 5) is 13.7. The van der Waals surface area contributed by atoms with Crippen LogP contribution in [0.4, 0.5) is 0 Å². The Labute approximate surface area is 141 Å². The van der Waals surface area contributed by atoms with Gasteiger partial charge >= 0.3 is 0 Å². The summed E-state index contributed by atoms with van der Waals surface area (Å²) >= 11 is 1.66. The predicted octanol–water partition coefficient (Wildman–Crippen LogP) is 3.98. The number of benzene rings is 2. The van der Waals surface area contributed by atoms with Crippen LogP contribution in [0.15, 0.2) is 53.4 Å². The summed E-state index contributed by atoms with van der Waals surface area (Å²) in [6, 6.07) is 16.1. The molecule has 3 rings (SSSR count). The van der Waals surface area contributed by atoms with Gasteiger partial charge in [0.15, 0.2) is 0 Å². The molecular formula is C19H21NO2S. The maximum absolute atomic E-state index is 12.5. The van der Waals surface area contributed by atoms with Gasteiger partial charge in [-0.25, -0.2) is 0 Å². The molecule has 1 aliphatic rings. The van der Waals surface area contributed by atoms with E-state index in [4.69, 9.17) is 4.74 Å². The standard InChI is InChI=1S/C19H21NO2S/c1-3-22-16-10-8-14(9-11-16)13(2)20-19(21)18-12-15-6-4-5-7-17(15)23-18/h4-11,13,18H,3,12H2,1-2H3,(H,20,21)/t13-,18+/m0/s1. The Kier molecular flexibility index (Phi) is 4.91.